The van der Waals surface area contributed by atoms with Gasteiger partial charge in [-0.15, -0.1) is 0 Å². The third-order valence-electron chi connectivity index (χ3n) is 4.96. The number of thioether (sulfide) groups is 1. The van der Waals surface area contributed by atoms with Crippen molar-refractivity contribution < 1.29 is 14.3 Å². The Morgan fingerprint density at radius 2 is 1.84 bits per heavy atom. The van der Waals surface area contributed by atoms with E-state index in [1.807, 2.05) is 69.3 Å². The van der Waals surface area contributed by atoms with Gasteiger partial charge in [-0.1, -0.05) is 48.2 Å². The number of amides is 1. The molecule has 0 saturated heterocycles. The summed E-state index contributed by atoms with van der Waals surface area (Å²) in [6, 6.07) is 15.0. The molecule has 2 aromatic carbocycles. The third kappa shape index (κ3) is 5.76. The summed E-state index contributed by atoms with van der Waals surface area (Å²) in [6.07, 6.45) is 0. The molecule has 31 heavy (non-hydrogen) atoms. The van der Waals surface area contributed by atoms with Gasteiger partial charge in [0.1, 0.15) is 6.04 Å². The molecule has 0 aromatic heterocycles. The van der Waals surface area contributed by atoms with E-state index in [9.17, 15) is 9.59 Å². The van der Waals surface area contributed by atoms with E-state index in [4.69, 9.17) is 9.73 Å². The van der Waals surface area contributed by atoms with Crippen molar-refractivity contribution in [3.63, 3.8) is 0 Å². The van der Waals surface area contributed by atoms with Gasteiger partial charge < -0.3 is 15.4 Å². The number of hydrogen-bond donors (Lipinski definition) is 2. The molecule has 1 heterocycles. The van der Waals surface area contributed by atoms with Crippen molar-refractivity contribution in [2.75, 3.05) is 17.7 Å². The number of benzene rings is 2. The van der Waals surface area contributed by atoms with Crippen LogP contribution in [0.1, 0.15) is 36.6 Å². The minimum absolute atomic E-state index is 0.119. The van der Waals surface area contributed by atoms with Crippen LogP contribution in [0, 0.1) is 13.8 Å². The molecule has 0 spiro atoms. The lowest BCUT2D eigenvalue weighted by molar-refractivity contribution is -0.139. The normalized spacial score (nSPS) is 15.7. The van der Waals surface area contributed by atoms with Crippen LogP contribution in [-0.4, -0.2) is 29.4 Å². The van der Waals surface area contributed by atoms with Crippen LogP contribution in [0.3, 0.4) is 0 Å². The molecule has 1 atom stereocenters. The Bertz CT molecular complexity index is 1030. The number of rotatable bonds is 6. The number of nitrogens with one attached hydrogen (secondary N) is 2. The smallest absolute Gasteiger partial charge is 0.338 e. The summed E-state index contributed by atoms with van der Waals surface area (Å²) >= 11 is 1.30. The van der Waals surface area contributed by atoms with Crippen LogP contribution in [-0.2, 0) is 14.3 Å². The van der Waals surface area contributed by atoms with Crippen LogP contribution in [0.25, 0.3) is 0 Å². The minimum atomic E-state index is -0.480. The molecule has 2 N–H and O–H groups in total. The Labute approximate surface area is 187 Å². The number of esters is 1. The molecule has 1 unspecified atom stereocenters. The Kier molecular flexibility index (Phi) is 7.52. The van der Waals surface area contributed by atoms with Gasteiger partial charge in [-0.3, -0.25) is 4.79 Å². The number of carbonyl (C=O) groups excluding carboxylic acids is 2. The van der Waals surface area contributed by atoms with Crippen molar-refractivity contribution in [3.8, 4) is 0 Å². The van der Waals surface area contributed by atoms with E-state index in [1.165, 1.54) is 17.3 Å². The highest BCUT2D eigenvalue weighted by atomic mass is 32.2. The minimum Gasteiger partial charge on any atom is -0.463 e. The highest BCUT2D eigenvalue weighted by molar-refractivity contribution is 8.14. The fourth-order valence-corrected chi connectivity index (χ4v) is 3.97. The monoisotopic (exact) mass is 437 g/mol. The van der Waals surface area contributed by atoms with Crippen molar-refractivity contribution in [3.05, 3.63) is 76.5 Å². The van der Waals surface area contributed by atoms with E-state index in [0.29, 0.717) is 23.0 Å². The van der Waals surface area contributed by atoms with E-state index >= 15 is 0 Å². The van der Waals surface area contributed by atoms with Crippen LogP contribution in [0.2, 0.25) is 0 Å². The van der Waals surface area contributed by atoms with Gasteiger partial charge in [0.2, 0.25) is 5.91 Å². The number of nitrogens with zero attached hydrogens (tertiary/aromatic N) is 1. The fourth-order valence-electron chi connectivity index (χ4n) is 3.22. The zero-order valence-electron chi connectivity index (χ0n) is 18.2. The van der Waals surface area contributed by atoms with Gasteiger partial charge in [-0.05, 0) is 56.5 Å². The Morgan fingerprint density at radius 1 is 1.10 bits per heavy atom. The molecule has 6 nitrogen and oxygen atoms in total. The highest BCUT2D eigenvalue weighted by Crippen LogP contribution is 2.32. The molecule has 1 aliphatic heterocycles. The quantitative estimate of drug-likeness (QED) is 0.650. The first-order chi connectivity index (χ1) is 14.9. The second-order valence-corrected chi connectivity index (χ2v) is 8.23. The molecular weight excluding hydrogens is 410 g/mol. The molecule has 0 bridgehead atoms. The summed E-state index contributed by atoms with van der Waals surface area (Å²) in [6.45, 7) is 7.95. The zero-order valence-corrected chi connectivity index (χ0v) is 19.0. The number of aryl methyl sites for hydroxylation is 2. The number of allylic oxidation sites excluding steroid dienone is 1. The number of anilines is 1. The molecule has 3 rings (SSSR count). The zero-order chi connectivity index (χ0) is 22.4. The highest BCUT2D eigenvalue weighted by Gasteiger charge is 2.30. The Balaban J connectivity index is 1.73. The molecule has 2 aromatic rings. The predicted molar refractivity (Wildman–Crippen MR) is 126 cm³/mol. The van der Waals surface area contributed by atoms with E-state index in [-0.39, 0.29) is 17.6 Å². The maximum absolute atomic E-state index is 12.6. The van der Waals surface area contributed by atoms with Gasteiger partial charge in [0.25, 0.3) is 0 Å². The van der Waals surface area contributed by atoms with Gasteiger partial charge in [0.15, 0.2) is 5.17 Å². The van der Waals surface area contributed by atoms with E-state index < -0.39 is 6.04 Å². The summed E-state index contributed by atoms with van der Waals surface area (Å²) in [5, 5.41) is 6.66. The summed E-state index contributed by atoms with van der Waals surface area (Å²) in [5.74, 6) is -0.309. The lowest BCUT2D eigenvalue weighted by Crippen LogP contribution is -2.31. The second-order valence-electron chi connectivity index (χ2n) is 7.27. The molecule has 0 aliphatic carbocycles. The number of aliphatic imine (C=N–C) groups is 1. The number of hydrogen-bond acceptors (Lipinski definition) is 6. The molecule has 162 valence electrons. The topological polar surface area (TPSA) is 79.8 Å². The average Bonchev–Trinajstić information content (AvgIpc) is 2.75. The van der Waals surface area contributed by atoms with Crippen molar-refractivity contribution >= 4 is 34.5 Å². The van der Waals surface area contributed by atoms with Crippen LogP contribution >= 0.6 is 11.8 Å². The van der Waals surface area contributed by atoms with Gasteiger partial charge in [-0.2, -0.15) is 0 Å². The van der Waals surface area contributed by atoms with Gasteiger partial charge >= 0.3 is 5.97 Å². The third-order valence-corrected chi connectivity index (χ3v) is 5.85. The maximum Gasteiger partial charge on any atom is 0.338 e. The lowest BCUT2D eigenvalue weighted by atomic mass is 9.97. The van der Waals surface area contributed by atoms with Gasteiger partial charge in [0, 0.05) is 11.4 Å². The number of carbonyl (C=O) groups is 2. The van der Waals surface area contributed by atoms with E-state index in [1.54, 1.807) is 6.92 Å². The van der Waals surface area contributed by atoms with Crippen LogP contribution in [0.15, 0.2) is 64.8 Å². The summed E-state index contributed by atoms with van der Waals surface area (Å²) in [4.78, 5) is 29.7. The average molecular weight is 438 g/mol. The molecule has 0 fully saturated rings. The predicted octanol–water partition coefficient (Wildman–Crippen LogP) is 4.51. The van der Waals surface area contributed by atoms with Crippen molar-refractivity contribution in [2.24, 2.45) is 4.99 Å². The first-order valence-electron chi connectivity index (χ1n) is 10.2. The summed E-state index contributed by atoms with van der Waals surface area (Å²) in [5.41, 5.74) is 5.14. The number of ether oxygens (including phenoxy) is 1. The molecule has 0 saturated carbocycles. The molecule has 7 heteroatoms. The molecule has 1 aliphatic rings. The Morgan fingerprint density at radius 3 is 2.52 bits per heavy atom. The molecule has 1 amide bonds. The lowest BCUT2D eigenvalue weighted by Gasteiger charge is -2.25. The first-order valence-corrected chi connectivity index (χ1v) is 11.1. The SMILES string of the molecule is CCOC(=O)C1=C(C)NC(SCC(=O)Nc2ccc(C)c(C)c2)=NC1c1ccccc1. The van der Waals surface area contributed by atoms with Crippen molar-refractivity contribution in [1.29, 1.82) is 0 Å². The van der Waals surface area contributed by atoms with Crippen molar-refractivity contribution in [2.45, 2.75) is 33.7 Å². The van der Waals surface area contributed by atoms with E-state index in [0.717, 1.165) is 16.8 Å². The fraction of sp³-hybridized carbons (Fsp3) is 0.292. The van der Waals surface area contributed by atoms with E-state index in [2.05, 4.69) is 10.6 Å². The standard InChI is InChI=1S/C24H27N3O3S/c1-5-30-23(29)21-17(4)25-24(27-22(21)18-9-7-6-8-10-18)31-14-20(28)26-19-12-11-15(2)16(3)13-19/h6-13,22H,5,14H2,1-4H3,(H,25,27)(H,26,28). The largest absolute Gasteiger partial charge is 0.463 e. The summed E-state index contributed by atoms with van der Waals surface area (Å²) < 4.78 is 5.24. The summed E-state index contributed by atoms with van der Waals surface area (Å²) in [7, 11) is 0. The van der Waals surface area contributed by atoms with Crippen LogP contribution in [0.4, 0.5) is 5.69 Å². The first kappa shape index (κ1) is 22.6. The van der Waals surface area contributed by atoms with Gasteiger partial charge in [-0.25, -0.2) is 9.79 Å². The second kappa shape index (κ2) is 10.3. The van der Waals surface area contributed by atoms with Crippen LogP contribution < -0.4 is 10.6 Å². The van der Waals surface area contributed by atoms with Gasteiger partial charge in [0.05, 0.1) is 17.9 Å². The Hall–Kier alpha value is -3.06. The molecule has 0 radical (unpaired) electrons. The maximum atomic E-state index is 12.6. The van der Waals surface area contributed by atoms with Crippen molar-refractivity contribution in [1.82, 2.24) is 5.32 Å². The number of amidine groups is 1. The van der Waals surface area contributed by atoms with Crippen LogP contribution in [0.5, 0.6) is 0 Å². The molecular formula is C24H27N3O3S.